The van der Waals surface area contributed by atoms with Gasteiger partial charge in [-0.2, -0.15) is 5.10 Å². The van der Waals surface area contributed by atoms with Crippen LogP contribution in [0.2, 0.25) is 0 Å². The molecule has 2 rings (SSSR count). The van der Waals surface area contributed by atoms with Crippen molar-refractivity contribution in [2.24, 2.45) is 0 Å². The molecule has 0 radical (unpaired) electrons. The van der Waals surface area contributed by atoms with E-state index in [1.165, 1.54) is 16.8 Å². The third-order valence-electron chi connectivity index (χ3n) is 3.21. The summed E-state index contributed by atoms with van der Waals surface area (Å²) in [5, 5.41) is 7.70. The molecule has 3 nitrogen and oxygen atoms in total. The quantitative estimate of drug-likeness (QED) is 0.876. The van der Waals surface area contributed by atoms with Gasteiger partial charge in [0.2, 0.25) is 0 Å². The lowest BCUT2D eigenvalue weighted by Gasteiger charge is -2.06. The Labute approximate surface area is 102 Å². The zero-order valence-electron chi connectivity index (χ0n) is 10.9. The third kappa shape index (κ3) is 2.24. The van der Waals surface area contributed by atoms with Crippen LogP contribution in [0, 0.1) is 20.8 Å². The van der Waals surface area contributed by atoms with Gasteiger partial charge in [-0.15, -0.1) is 0 Å². The van der Waals surface area contributed by atoms with Crippen molar-refractivity contribution in [2.75, 3.05) is 7.05 Å². The summed E-state index contributed by atoms with van der Waals surface area (Å²) in [6, 6.07) is 8.51. The van der Waals surface area contributed by atoms with E-state index in [4.69, 9.17) is 0 Å². The first-order chi connectivity index (χ1) is 8.13. The Kier molecular flexibility index (Phi) is 3.29. The summed E-state index contributed by atoms with van der Waals surface area (Å²) in [6.45, 7) is 7.17. The minimum Gasteiger partial charge on any atom is -0.316 e. The van der Waals surface area contributed by atoms with Crippen LogP contribution in [0.1, 0.15) is 22.5 Å². The maximum absolute atomic E-state index is 4.56. The summed E-state index contributed by atoms with van der Waals surface area (Å²) in [4.78, 5) is 0. The summed E-state index contributed by atoms with van der Waals surface area (Å²) in [5.74, 6) is 0. The fourth-order valence-corrected chi connectivity index (χ4v) is 1.93. The molecule has 2 aromatic rings. The first kappa shape index (κ1) is 11.9. The second-order valence-corrected chi connectivity index (χ2v) is 4.40. The van der Waals surface area contributed by atoms with E-state index in [0.717, 1.165) is 17.9 Å². The minimum atomic E-state index is 0.899. The molecular formula is C14H19N3. The fraction of sp³-hybridized carbons (Fsp3) is 0.357. The van der Waals surface area contributed by atoms with Gasteiger partial charge in [-0.1, -0.05) is 12.1 Å². The smallest absolute Gasteiger partial charge is 0.0649 e. The molecule has 1 heterocycles. The molecule has 0 aliphatic heterocycles. The SMILES string of the molecule is CNCc1ccc(-n2nc(C)c(C)c2C)cc1. The number of nitrogens with zero attached hydrogens (tertiary/aromatic N) is 2. The van der Waals surface area contributed by atoms with Gasteiger partial charge in [-0.05, 0) is 51.1 Å². The second-order valence-electron chi connectivity index (χ2n) is 4.40. The molecule has 0 fully saturated rings. The van der Waals surface area contributed by atoms with E-state index in [1.54, 1.807) is 0 Å². The van der Waals surface area contributed by atoms with Crippen LogP contribution in [-0.4, -0.2) is 16.8 Å². The summed E-state index contributed by atoms with van der Waals surface area (Å²) < 4.78 is 2.01. The Morgan fingerprint density at radius 1 is 1.12 bits per heavy atom. The van der Waals surface area contributed by atoms with Crippen molar-refractivity contribution >= 4 is 0 Å². The highest BCUT2D eigenvalue weighted by Gasteiger charge is 2.08. The Bertz CT molecular complexity index is 509. The molecule has 0 aliphatic carbocycles. The molecule has 0 bridgehead atoms. The third-order valence-corrected chi connectivity index (χ3v) is 3.21. The Morgan fingerprint density at radius 3 is 2.24 bits per heavy atom. The molecule has 0 saturated heterocycles. The van der Waals surface area contributed by atoms with Crippen molar-refractivity contribution in [3.8, 4) is 5.69 Å². The minimum absolute atomic E-state index is 0.899. The van der Waals surface area contributed by atoms with E-state index in [0.29, 0.717) is 0 Å². The van der Waals surface area contributed by atoms with Gasteiger partial charge in [0.15, 0.2) is 0 Å². The molecule has 0 unspecified atom stereocenters. The van der Waals surface area contributed by atoms with Crippen molar-refractivity contribution in [1.29, 1.82) is 0 Å². The van der Waals surface area contributed by atoms with E-state index in [1.807, 2.05) is 18.7 Å². The number of hydrogen-bond donors (Lipinski definition) is 1. The van der Waals surface area contributed by atoms with Gasteiger partial charge >= 0.3 is 0 Å². The number of aromatic nitrogens is 2. The van der Waals surface area contributed by atoms with Crippen molar-refractivity contribution in [2.45, 2.75) is 27.3 Å². The van der Waals surface area contributed by atoms with Gasteiger partial charge < -0.3 is 5.32 Å². The summed E-state index contributed by atoms with van der Waals surface area (Å²) in [5.41, 5.74) is 5.99. The molecule has 1 N–H and O–H groups in total. The Hall–Kier alpha value is -1.61. The predicted octanol–water partition coefficient (Wildman–Crippen LogP) is 2.52. The van der Waals surface area contributed by atoms with Crippen LogP contribution >= 0.6 is 0 Å². The fourth-order valence-electron chi connectivity index (χ4n) is 1.93. The van der Waals surface area contributed by atoms with E-state index in [2.05, 4.69) is 48.5 Å². The topological polar surface area (TPSA) is 29.9 Å². The molecule has 0 amide bonds. The van der Waals surface area contributed by atoms with Gasteiger partial charge in [0.1, 0.15) is 0 Å². The van der Waals surface area contributed by atoms with Crippen LogP contribution in [0.5, 0.6) is 0 Å². The average Bonchev–Trinajstić information content (AvgIpc) is 2.59. The molecule has 0 spiro atoms. The molecule has 1 aromatic heterocycles. The van der Waals surface area contributed by atoms with Crippen LogP contribution in [0.25, 0.3) is 5.69 Å². The number of rotatable bonds is 3. The molecule has 3 heteroatoms. The van der Waals surface area contributed by atoms with Crippen LogP contribution in [-0.2, 0) is 6.54 Å². The first-order valence-electron chi connectivity index (χ1n) is 5.90. The highest BCUT2D eigenvalue weighted by Crippen LogP contribution is 2.17. The zero-order valence-corrected chi connectivity index (χ0v) is 10.9. The number of hydrogen-bond acceptors (Lipinski definition) is 2. The lowest BCUT2D eigenvalue weighted by Crippen LogP contribution is -2.05. The van der Waals surface area contributed by atoms with Crippen molar-refractivity contribution in [3.63, 3.8) is 0 Å². The molecule has 1 aromatic carbocycles. The molecule has 17 heavy (non-hydrogen) atoms. The average molecular weight is 229 g/mol. The summed E-state index contributed by atoms with van der Waals surface area (Å²) >= 11 is 0. The largest absolute Gasteiger partial charge is 0.316 e. The highest BCUT2D eigenvalue weighted by molar-refractivity contribution is 5.38. The summed E-state index contributed by atoms with van der Waals surface area (Å²) in [6.07, 6.45) is 0. The Morgan fingerprint density at radius 2 is 1.76 bits per heavy atom. The lowest BCUT2D eigenvalue weighted by atomic mass is 10.2. The van der Waals surface area contributed by atoms with Gasteiger partial charge in [0, 0.05) is 12.2 Å². The number of aryl methyl sites for hydroxylation is 1. The highest BCUT2D eigenvalue weighted by atomic mass is 15.3. The van der Waals surface area contributed by atoms with Crippen LogP contribution in [0.4, 0.5) is 0 Å². The maximum Gasteiger partial charge on any atom is 0.0649 e. The second kappa shape index (κ2) is 4.72. The molecule has 0 atom stereocenters. The molecular weight excluding hydrogens is 210 g/mol. The Balaban J connectivity index is 2.36. The first-order valence-corrected chi connectivity index (χ1v) is 5.90. The standard InChI is InChI=1S/C14H19N3/c1-10-11(2)16-17(12(10)3)14-7-5-13(6-8-14)9-15-4/h5-8,15H,9H2,1-4H3. The van der Waals surface area contributed by atoms with Crippen molar-refractivity contribution < 1.29 is 0 Å². The number of benzene rings is 1. The van der Waals surface area contributed by atoms with Crippen LogP contribution in [0.15, 0.2) is 24.3 Å². The lowest BCUT2D eigenvalue weighted by molar-refractivity contribution is 0.810. The van der Waals surface area contributed by atoms with Gasteiger partial charge in [0.25, 0.3) is 0 Å². The molecule has 90 valence electrons. The normalized spacial score (nSPS) is 10.8. The number of nitrogens with one attached hydrogen (secondary N) is 1. The van der Waals surface area contributed by atoms with Crippen molar-refractivity contribution in [3.05, 3.63) is 46.8 Å². The zero-order chi connectivity index (χ0) is 12.4. The van der Waals surface area contributed by atoms with Crippen molar-refractivity contribution in [1.82, 2.24) is 15.1 Å². The van der Waals surface area contributed by atoms with E-state index in [-0.39, 0.29) is 0 Å². The monoisotopic (exact) mass is 229 g/mol. The predicted molar refractivity (Wildman–Crippen MR) is 70.5 cm³/mol. The molecule has 0 saturated carbocycles. The van der Waals surface area contributed by atoms with Gasteiger partial charge in [-0.25, -0.2) is 4.68 Å². The van der Waals surface area contributed by atoms with Gasteiger partial charge in [0.05, 0.1) is 11.4 Å². The van der Waals surface area contributed by atoms with Crippen LogP contribution < -0.4 is 5.32 Å². The van der Waals surface area contributed by atoms with Gasteiger partial charge in [-0.3, -0.25) is 0 Å². The van der Waals surface area contributed by atoms with E-state index < -0.39 is 0 Å². The maximum atomic E-state index is 4.56. The van der Waals surface area contributed by atoms with E-state index >= 15 is 0 Å². The summed E-state index contributed by atoms with van der Waals surface area (Å²) in [7, 11) is 1.96. The van der Waals surface area contributed by atoms with Crippen LogP contribution in [0.3, 0.4) is 0 Å². The van der Waals surface area contributed by atoms with E-state index in [9.17, 15) is 0 Å². The molecule has 0 aliphatic rings.